The Morgan fingerprint density at radius 2 is 0.750 bits per heavy atom. The molecular formula is C4H12Cl2MgSi. The number of halogens is 2. The molecule has 0 N–H and O–H groups in total. The van der Waals surface area contributed by atoms with Crippen molar-refractivity contribution in [3.8, 4) is 0 Å². The second-order valence-corrected chi connectivity index (χ2v) is 9.00. The van der Waals surface area contributed by atoms with Crippen LogP contribution in [-0.2, 0) is 0 Å². The van der Waals surface area contributed by atoms with Gasteiger partial charge in [-0.15, -0.1) is 0 Å². The average Bonchev–Trinajstić information content (AvgIpc) is 0.722. The van der Waals surface area contributed by atoms with Crippen molar-refractivity contribution in [1.82, 2.24) is 0 Å². The Labute approximate surface area is 81.8 Å². The second-order valence-electron chi connectivity index (χ2n) is 3.00. The summed E-state index contributed by atoms with van der Waals surface area (Å²) < 4.78 is 0. The van der Waals surface area contributed by atoms with Crippen molar-refractivity contribution in [2.24, 2.45) is 0 Å². The molecule has 0 unspecified atom stereocenters. The Bertz CT molecular complexity index is 29.5. The summed E-state index contributed by atoms with van der Waals surface area (Å²) >= 11 is 0. The Morgan fingerprint density at radius 1 is 0.750 bits per heavy atom. The van der Waals surface area contributed by atoms with E-state index in [2.05, 4.69) is 26.2 Å². The topological polar surface area (TPSA) is 0 Å². The van der Waals surface area contributed by atoms with Crippen LogP contribution in [0.3, 0.4) is 0 Å². The van der Waals surface area contributed by atoms with Crippen LogP contribution < -0.4 is 24.8 Å². The second kappa shape index (κ2) is 8.56. The zero-order valence-electron chi connectivity index (χ0n) is 5.96. The van der Waals surface area contributed by atoms with E-state index in [0.29, 0.717) is 0 Å². The summed E-state index contributed by atoms with van der Waals surface area (Å²) in [5, 5.41) is 0. The first-order chi connectivity index (χ1) is 2.00. The van der Waals surface area contributed by atoms with Crippen LogP contribution in [0, 0.1) is 0 Å². The monoisotopic (exact) mass is 182 g/mol. The zero-order chi connectivity index (χ0) is 4.50. The first-order valence-corrected chi connectivity index (χ1v) is 6.00. The predicted molar refractivity (Wildman–Crippen MR) is 35.0 cm³/mol. The number of hydrogen-bond acceptors (Lipinski definition) is 0. The molecule has 0 amide bonds. The van der Waals surface area contributed by atoms with Crippen LogP contribution in [0.25, 0.3) is 0 Å². The summed E-state index contributed by atoms with van der Waals surface area (Å²) in [5.41, 5.74) is 0. The first-order valence-electron chi connectivity index (χ1n) is 2.00. The van der Waals surface area contributed by atoms with E-state index in [9.17, 15) is 0 Å². The molecule has 0 aliphatic carbocycles. The molecule has 0 aliphatic rings. The van der Waals surface area contributed by atoms with Gasteiger partial charge >= 0.3 is 23.1 Å². The van der Waals surface area contributed by atoms with Crippen molar-refractivity contribution >= 4 is 31.1 Å². The SMILES string of the molecule is C[Si](C)(C)C.[Cl-].[Cl-].[Mg+2]. The summed E-state index contributed by atoms with van der Waals surface area (Å²) in [6.45, 7) is 9.31. The minimum absolute atomic E-state index is 0. The summed E-state index contributed by atoms with van der Waals surface area (Å²) in [7, 11) is -0.611. The quantitative estimate of drug-likeness (QED) is 0.333. The molecule has 0 rings (SSSR count). The number of hydrogen-bond donors (Lipinski definition) is 0. The first kappa shape index (κ1) is 22.7. The molecule has 8 heavy (non-hydrogen) atoms. The van der Waals surface area contributed by atoms with E-state index in [-0.39, 0.29) is 47.9 Å². The predicted octanol–water partition coefficient (Wildman–Crippen LogP) is -4.42. The average molecular weight is 183 g/mol. The fourth-order valence-corrected chi connectivity index (χ4v) is 0. The van der Waals surface area contributed by atoms with Gasteiger partial charge in [0.15, 0.2) is 0 Å². The van der Waals surface area contributed by atoms with Gasteiger partial charge in [0.1, 0.15) is 0 Å². The molecule has 0 heterocycles. The van der Waals surface area contributed by atoms with E-state index in [1.807, 2.05) is 0 Å². The smallest absolute Gasteiger partial charge is 1.00 e. The van der Waals surface area contributed by atoms with E-state index in [4.69, 9.17) is 0 Å². The third kappa shape index (κ3) is 133. The molecule has 0 radical (unpaired) electrons. The molecule has 0 aromatic heterocycles. The fourth-order valence-electron chi connectivity index (χ4n) is 0. The Hall–Kier alpha value is 1.56. The van der Waals surface area contributed by atoms with Crippen LogP contribution >= 0.6 is 0 Å². The summed E-state index contributed by atoms with van der Waals surface area (Å²) in [6.07, 6.45) is 0. The number of rotatable bonds is 0. The van der Waals surface area contributed by atoms with Crippen LogP contribution in [0.5, 0.6) is 0 Å². The van der Waals surface area contributed by atoms with Crippen molar-refractivity contribution in [2.45, 2.75) is 26.2 Å². The van der Waals surface area contributed by atoms with Gasteiger partial charge in [-0.3, -0.25) is 0 Å². The van der Waals surface area contributed by atoms with Crippen LogP contribution in [-0.4, -0.2) is 31.1 Å². The van der Waals surface area contributed by atoms with Gasteiger partial charge in [0.2, 0.25) is 0 Å². The molecule has 0 aromatic rings. The van der Waals surface area contributed by atoms with Gasteiger partial charge in [0, 0.05) is 8.07 Å². The van der Waals surface area contributed by atoms with Crippen molar-refractivity contribution < 1.29 is 24.8 Å². The van der Waals surface area contributed by atoms with Gasteiger partial charge in [0.25, 0.3) is 0 Å². The Morgan fingerprint density at radius 3 is 0.750 bits per heavy atom. The summed E-state index contributed by atoms with van der Waals surface area (Å²) in [4.78, 5) is 0. The van der Waals surface area contributed by atoms with Crippen LogP contribution in [0.15, 0.2) is 0 Å². The molecule has 0 nitrogen and oxygen atoms in total. The normalized spacial score (nSPS) is 7.50. The molecule has 0 saturated heterocycles. The van der Waals surface area contributed by atoms with Crippen LogP contribution in [0.2, 0.25) is 26.2 Å². The summed E-state index contributed by atoms with van der Waals surface area (Å²) in [5.74, 6) is 0. The van der Waals surface area contributed by atoms with Crippen molar-refractivity contribution in [2.75, 3.05) is 0 Å². The van der Waals surface area contributed by atoms with E-state index in [1.165, 1.54) is 0 Å². The van der Waals surface area contributed by atoms with E-state index in [1.54, 1.807) is 0 Å². The van der Waals surface area contributed by atoms with Crippen LogP contribution in [0.1, 0.15) is 0 Å². The maximum atomic E-state index is 2.33. The van der Waals surface area contributed by atoms with Gasteiger partial charge in [-0.2, -0.15) is 0 Å². The molecule has 4 heteroatoms. The van der Waals surface area contributed by atoms with Gasteiger partial charge in [-0.05, 0) is 0 Å². The molecule has 0 fully saturated rings. The molecule has 0 bridgehead atoms. The van der Waals surface area contributed by atoms with E-state index in [0.717, 1.165) is 0 Å². The third-order valence-corrected chi connectivity index (χ3v) is 0. The van der Waals surface area contributed by atoms with Crippen LogP contribution in [0.4, 0.5) is 0 Å². The minimum Gasteiger partial charge on any atom is -1.00 e. The van der Waals surface area contributed by atoms with Gasteiger partial charge in [-0.25, -0.2) is 0 Å². The van der Waals surface area contributed by atoms with E-state index < -0.39 is 8.07 Å². The maximum absolute atomic E-state index is 2.33. The molecule has 0 spiro atoms. The minimum atomic E-state index is -0.611. The fraction of sp³-hybridized carbons (Fsp3) is 1.00. The molecule has 0 aromatic carbocycles. The molecule has 0 atom stereocenters. The van der Waals surface area contributed by atoms with Gasteiger partial charge in [0.05, 0.1) is 0 Å². The standard InChI is InChI=1S/C4H12Si.2ClH.Mg/c1-5(2,3)4;;;/h1-4H3;2*1H;/q;;;+2/p-2. The molecular weight excluding hydrogens is 171 g/mol. The zero-order valence-corrected chi connectivity index (χ0v) is 9.89. The van der Waals surface area contributed by atoms with Crippen molar-refractivity contribution in [3.63, 3.8) is 0 Å². The van der Waals surface area contributed by atoms with Gasteiger partial charge < -0.3 is 24.8 Å². The summed E-state index contributed by atoms with van der Waals surface area (Å²) in [6, 6.07) is 0. The van der Waals surface area contributed by atoms with Crippen molar-refractivity contribution in [3.05, 3.63) is 0 Å². The van der Waals surface area contributed by atoms with E-state index >= 15 is 0 Å². The van der Waals surface area contributed by atoms with Crippen molar-refractivity contribution in [1.29, 1.82) is 0 Å². The maximum Gasteiger partial charge on any atom is 2.00 e. The Balaban J connectivity index is -0.0000000267. The molecule has 0 saturated carbocycles. The largest absolute Gasteiger partial charge is 2.00 e. The molecule has 48 valence electrons. The third-order valence-electron chi connectivity index (χ3n) is 0. The Kier molecular flexibility index (Phi) is 24.3. The molecule has 0 aliphatic heterocycles. The van der Waals surface area contributed by atoms with Gasteiger partial charge in [-0.1, -0.05) is 26.2 Å².